The van der Waals surface area contributed by atoms with E-state index in [1.54, 1.807) is 7.11 Å². The number of ether oxygens (including phenoxy) is 2. The zero-order chi connectivity index (χ0) is 25.8. The Morgan fingerprint density at radius 2 is 1.61 bits per heavy atom. The number of hydrogen-bond donors (Lipinski definition) is 3. The monoisotopic (exact) mass is 496 g/mol. The molecular formula is C30H44N2O4. The van der Waals surface area contributed by atoms with Gasteiger partial charge in [-0.05, 0) is 82.2 Å². The van der Waals surface area contributed by atoms with Crippen LogP contribution < -0.4 is 14.8 Å². The number of nitrogens with zero attached hydrogens (tertiary/aromatic N) is 1. The summed E-state index contributed by atoms with van der Waals surface area (Å²) in [7, 11) is 7.71. The van der Waals surface area contributed by atoms with Crippen LogP contribution in [0.2, 0.25) is 0 Å². The average molecular weight is 497 g/mol. The van der Waals surface area contributed by atoms with E-state index >= 15 is 0 Å². The number of methoxy groups -OCH3 is 1. The van der Waals surface area contributed by atoms with Crippen LogP contribution in [0.1, 0.15) is 56.1 Å². The largest absolute Gasteiger partial charge is 0.497 e. The van der Waals surface area contributed by atoms with Crippen molar-refractivity contribution in [2.45, 2.75) is 62.3 Å². The third kappa shape index (κ3) is 5.72. The van der Waals surface area contributed by atoms with E-state index in [4.69, 9.17) is 9.47 Å². The van der Waals surface area contributed by atoms with Gasteiger partial charge in [-0.1, -0.05) is 37.1 Å². The van der Waals surface area contributed by atoms with E-state index < -0.39 is 11.2 Å². The van der Waals surface area contributed by atoms with Gasteiger partial charge in [-0.15, -0.1) is 0 Å². The molecule has 2 aromatic rings. The van der Waals surface area contributed by atoms with E-state index in [-0.39, 0.29) is 17.9 Å². The second-order valence-corrected chi connectivity index (χ2v) is 11.1. The summed E-state index contributed by atoms with van der Waals surface area (Å²) >= 11 is 0. The second kappa shape index (κ2) is 11.5. The lowest BCUT2D eigenvalue weighted by molar-refractivity contribution is -0.0939. The standard InChI is InChI=1S/C30H44N2O4/c1-31-20-24-9-5-6-16-29(24,33)22-10-8-13-27(18-22)36-28-15-14-25(21-32(2)3)30(34,19-28)23-11-7-12-26(17-23)35-4/h7-8,10-13,17-18,24-25,28,31,33-34H,5-6,9,14-16,19-21H2,1-4H3/t24-,25-,28?,29+,30+/m1/s1. The van der Waals surface area contributed by atoms with Gasteiger partial charge >= 0.3 is 0 Å². The number of aliphatic hydroxyl groups is 2. The van der Waals surface area contributed by atoms with Gasteiger partial charge in [0.25, 0.3) is 0 Å². The minimum absolute atomic E-state index is 0.0936. The number of nitrogens with one attached hydrogen (secondary N) is 1. The Kier molecular flexibility index (Phi) is 8.61. The number of benzene rings is 2. The van der Waals surface area contributed by atoms with Crippen molar-refractivity contribution < 1.29 is 19.7 Å². The van der Waals surface area contributed by atoms with Crippen molar-refractivity contribution in [1.29, 1.82) is 0 Å². The Morgan fingerprint density at radius 3 is 2.31 bits per heavy atom. The molecule has 4 rings (SSSR count). The predicted molar refractivity (Wildman–Crippen MR) is 143 cm³/mol. The van der Waals surface area contributed by atoms with Gasteiger partial charge in [0.2, 0.25) is 0 Å². The first-order valence-corrected chi connectivity index (χ1v) is 13.4. The zero-order valence-electron chi connectivity index (χ0n) is 22.4. The molecule has 2 saturated carbocycles. The highest BCUT2D eigenvalue weighted by Gasteiger charge is 2.45. The highest BCUT2D eigenvalue weighted by molar-refractivity contribution is 5.35. The molecule has 5 atom stereocenters. The minimum Gasteiger partial charge on any atom is -0.497 e. The molecule has 0 saturated heterocycles. The Balaban J connectivity index is 1.56. The van der Waals surface area contributed by atoms with Gasteiger partial charge in [-0.25, -0.2) is 0 Å². The molecule has 0 heterocycles. The van der Waals surface area contributed by atoms with Gasteiger partial charge in [0.15, 0.2) is 0 Å². The maximum absolute atomic E-state index is 12.1. The molecule has 0 aliphatic heterocycles. The van der Waals surface area contributed by atoms with Gasteiger partial charge in [0.1, 0.15) is 17.6 Å². The van der Waals surface area contributed by atoms with Gasteiger partial charge < -0.3 is 29.9 Å². The van der Waals surface area contributed by atoms with Crippen LogP contribution in [-0.4, -0.2) is 62.6 Å². The Bertz CT molecular complexity index is 996. The summed E-state index contributed by atoms with van der Waals surface area (Å²) in [6, 6.07) is 15.8. The summed E-state index contributed by atoms with van der Waals surface area (Å²) in [5, 5.41) is 27.1. The fourth-order valence-corrected chi connectivity index (χ4v) is 6.43. The summed E-state index contributed by atoms with van der Waals surface area (Å²) in [6.07, 6.45) is 6.11. The Labute approximate surface area is 216 Å². The molecule has 198 valence electrons. The predicted octanol–water partition coefficient (Wildman–Crippen LogP) is 4.29. The molecule has 2 aromatic carbocycles. The molecular weight excluding hydrogens is 452 g/mol. The van der Waals surface area contributed by atoms with Crippen molar-refractivity contribution in [1.82, 2.24) is 10.2 Å². The van der Waals surface area contributed by atoms with Gasteiger partial charge in [-0.3, -0.25) is 0 Å². The molecule has 0 bridgehead atoms. The molecule has 0 spiro atoms. The van der Waals surface area contributed by atoms with E-state index in [9.17, 15) is 10.2 Å². The number of rotatable bonds is 9. The van der Waals surface area contributed by atoms with Gasteiger partial charge in [0.05, 0.1) is 18.3 Å². The molecule has 2 aliphatic carbocycles. The molecule has 2 fully saturated rings. The minimum atomic E-state index is -1.02. The molecule has 6 heteroatoms. The highest BCUT2D eigenvalue weighted by atomic mass is 16.5. The summed E-state index contributed by atoms with van der Waals surface area (Å²) in [5.74, 6) is 1.79. The molecule has 0 radical (unpaired) electrons. The van der Waals surface area contributed by atoms with Crippen molar-refractivity contribution >= 4 is 0 Å². The van der Waals surface area contributed by atoms with Crippen LogP contribution in [0.15, 0.2) is 48.5 Å². The maximum atomic E-state index is 12.1. The third-order valence-electron chi connectivity index (χ3n) is 8.33. The van der Waals surface area contributed by atoms with Crippen LogP contribution in [0.25, 0.3) is 0 Å². The van der Waals surface area contributed by atoms with E-state index in [2.05, 4.69) is 24.3 Å². The second-order valence-electron chi connectivity index (χ2n) is 11.1. The average Bonchev–Trinajstić information content (AvgIpc) is 2.87. The van der Waals surface area contributed by atoms with Crippen molar-refractivity contribution in [2.75, 3.05) is 41.3 Å². The fraction of sp³-hybridized carbons (Fsp3) is 0.600. The molecule has 0 amide bonds. The summed E-state index contributed by atoms with van der Waals surface area (Å²) in [4.78, 5) is 2.15. The first-order valence-electron chi connectivity index (χ1n) is 13.4. The first kappa shape index (κ1) is 26.9. The van der Waals surface area contributed by atoms with Crippen LogP contribution in [-0.2, 0) is 11.2 Å². The highest BCUT2D eigenvalue weighted by Crippen LogP contribution is 2.45. The molecule has 1 unspecified atom stereocenters. The SMILES string of the molecule is CNC[C@H]1CCCC[C@]1(O)c1cccc(OC2CC[C@H](CN(C)C)[C@@](O)(c3cccc(OC)c3)C2)c1. The topological polar surface area (TPSA) is 74.2 Å². The lowest BCUT2D eigenvalue weighted by Gasteiger charge is -2.44. The molecule has 36 heavy (non-hydrogen) atoms. The molecule has 3 N–H and O–H groups in total. The first-order chi connectivity index (χ1) is 17.3. The molecule has 0 aromatic heterocycles. The zero-order valence-corrected chi connectivity index (χ0v) is 22.4. The van der Waals surface area contributed by atoms with E-state index in [0.717, 1.165) is 74.2 Å². The van der Waals surface area contributed by atoms with Crippen molar-refractivity contribution in [3.05, 3.63) is 59.7 Å². The van der Waals surface area contributed by atoms with Crippen LogP contribution in [0, 0.1) is 11.8 Å². The lowest BCUT2D eigenvalue weighted by atomic mass is 9.70. The smallest absolute Gasteiger partial charge is 0.120 e. The Hall–Kier alpha value is -2.12. The van der Waals surface area contributed by atoms with Crippen molar-refractivity contribution in [2.24, 2.45) is 11.8 Å². The van der Waals surface area contributed by atoms with Gasteiger partial charge in [-0.2, -0.15) is 0 Å². The normalized spacial score (nSPS) is 30.8. The quantitative estimate of drug-likeness (QED) is 0.481. The van der Waals surface area contributed by atoms with E-state index in [1.807, 2.05) is 55.6 Å². The van der Waals surface area contributed by atoms with Crippen LogP contribution >= 0.6 is 0 Å². The molecule has 2 aliphatic rings. The van der Waals surface area contributed by atoms with Gasteiger partial charge in [0, 0.05) is 31.3 Å². The van der Waals surface area contributed by atoms with Crippen molar-refractivity contribution in [3.63, 3.8) is 0 Å². The summed E-state index contributed by atoms with van der Waals surface area (Å²) in [6.45, 7) is 1.60. The fourth-order valence-electron chi connectivity index (χ4n) is 6.43. The van der Waals surface area contributed by atoms with Crippen LogP contribution in [0.5, 0.6) is 11.5 Å². The van der Waals surface area contributed by atoms with Crippen LogP contribution in [0.3, 0.4) is 0 Å². The maximum Gasteiger partial charge on any atom is 0.120 e. The van der Waals surface area contributed by atoms with Crippen molar-refractivity contribution in [3.8, 4) is 11.5 Å². The lowest BCUT2D eigenvalue weighted by Crippen LogP contribution is -2.48. The van der Waals surface area contributed by atoms with Crippen LogP contribution in [0.4, 0.5) is 0 Å². The Morgan fingerprint density at radius 1 is 0.917 bits per heavy atom. The number of hydrogen-bond acceptors (Lipinski definition) is 6. The summed E-state index contributed by atoms with van der Waals surface area (Å²) < 4.78 is 12.0. The van der Waals surface area contributed by atoms with E-state index in [1.165, 1.54) is 0 Å². The molecule has 6 nitrogen and oxygen atoms in total. The van der Waals surface area contributed by atoms with E-state index in [0.29, 0.717) is 6.42 Å². The summed E-state index contributed by atoms with van der Waals surface area (Å²) in [5.41, 5.74) is -0.0455. The third-order valence-corrected chi connectivity index (χ3v) is 8.33.